The second-order valence-corrected chi connectivity index (χ2v) is 5.10. The Morgan fingerprint density at radius 1 is 1.24 bits per heavy atom. The average molecular weight is 298 g/mol. The predicted octanol–water partition coefficient (Wildman–Crippen LogP) is 2.09. The normalized spacial score (nSPS) is 14.2. The SMILES string of the molecule is O=C(CCNC1CC1)NCCc1ccc(OC(F)F)cc1. The summed E-state index contributed by atoms with van der Waals surface area (Å²) in [6.45, 7) is -1.55. The molecule has 116 valence electrons. The molecule has 0 spiro atoms. The van der Waals surface area contributed by atoms with E-state index in [1.807, 2.05) is 0 Å². The third-order valence-corrected chi connectivity index (χ3v) is 3.25. The monoisotopic (exact) mass is 298 g/mol. The van der Waals surface area contributed by atoms with Crippen LogP contribution in [0.15, 0.2) is 24.3 Å². The highest BCUT2D eigenvalue weighted by Gasteiger charge is 2.19. The fraction of sp³-hybridized carbons (Fsp3) is 0.533. The Kier molecular flexibility index (Phi) is 5.92. The van der Waals surface area contributed by atoms with Gasteiger partial charge in [0.1, 0.15) is 5.75 Å². The second-order valence-electron chi connectivity index (χ2n) is 5.10. The van der Waals surface area contributed by atoms with Crippen LogP contribution >= 0.6 is 0 Å². The highest BCUT2D eigenvalue weighted by Crippen LogP contribution is 2.18. The Balaban J connectivity index is 1.59. The number of ether oxygens (including phenoxy) is 1. The van der Waals surface area contributed by atoms with Crippen molar-refractivity contribution >= 4 is 5.91 Å². The molecule has 0 bridgehead atoms. The van der Waals surface area contributed by atoms with Crippen molar-refractivity contribution in [1.29, 1.82) is 0 Å². The van der Waals surface area contributed by atoms with E-state index in [4.69, 9.17) is 0 Å². The number of carbonyl (C=O) groups excluding carboxylic acids is 1. The van der Waals surface area contributed by atoms with Gasteiger partial charge in [0.15, 0.2) is 0 Å². The van der Waals surface area contributed by atoms with Gasteiger partial charge in [-0.25, -0.2) is 0 Å². The zero-order chi connectivity index (χ0) is 15.1. The van der Waals surface area contributed by atoms with Gasteiger partial charge in [0, 0.05) is 25.6 Å². The molecule has 1 fully saturated rings. The minimum atomic E-state index is -2.81. The fourth-order valence-corrected chi connectivity index (χ4v) is 1.95. The molecule has 1 saturated carbocycles. The van der Waals surface area contributed by atoms with Gasteiger partial charge in [0.2, 0.25) is 5.91 Å². The number of amides is 1. The summed E-state index contributed by atoms with van der Waals surface area (Å²) in [5, 5.41) is 6.12. The van der Waals surface area contributed by atoms with Crippen LogP contribution in [0.1, 0.15) is 24.8 Å². The summed E-state index contributed by atoms with van der Waals surface area (Å²) in [7, 11) is 0. The van der Waals surface area contributed by atoms with Crippen molar-refractivity contribution in [2.75, 3.05) is 13.1 Å². The molecule has 1 amide bonds. The molecule has 0 heterocycles. The van der Waals surface area contributed by atoms with Crippen LogP contribution in [0.5, 0.6) is 5.75 Å². The molecule has 4 nitrogen and oxygen atoms in total. The van der Waals surface area contributed by atoms with Gasteiger partial charge in [-0.2, -0.15) is 8.78 Å². The summed E-state index contributed by atoms with van der Waals surface area (Å²) in [4.78, 5) is 11.6. The molecular weight excluding hydrogens is 278 g/mol. The highest BCUT2D eigenvalue weighted by atomic mass is 19.3. The Morgan fingerprint density at radius 2 is 1.95 bits per heavy atom. The molecule has 2 N–H and O–H groups in total. The lowest BCUT2D eigenvalue weighted by molar-refractivity contribution is -0.120. The van der Waals surface area contributed by atoms with E-state index in [1.54, 1.807) is 12.1 Å². The molecule has 0 atom stereocenters. The topological polar surface area (TPSA) is 50.4 Å². The van der Waals surface area contributed by atoms with Crippen molar-refractivity contribution in [3.05, 3.63) is 29.8 Å². The van der Waals surface area contributed by atoms with E-state index in [-0.39, 0.29) is 11.7 Å². The number of nitrogens with one attached hydrogen (secondary N) is 2. The zero-order valence-electron chi connectivity index (χ0n) is 11.8. The van der Waals surface area contributed by atoms with Crippen LogP contribution in [-0.4, -0.2) is 31.7 Å². The lowest BCUT2D eigenvalue weighted by Crippen LogP contribution is -2.29. The molecule has 2 rings (SSSR count). The maximum Gasteiger partial charge on any atom is 0.387 e. The number of alkyl halides is 2. The Labute approximate surface area is 122 Å². The van der Waals surface area contributed by atoms with Crippen molar-refractivity contribution < 1.29 is 18.3 Å². The van der Waals surface area contributed by atoms with Crippen LogP contribution < -0.4 is 15.4 Å². The van der Waals surface area contributed by atoms with Gasteiger partial charge in [-0.05, 0) is 37.0 Å². The Hall–Kier alpha value is -1.69. The summed E-state index contributed by atoms with van der Waals surface area (Å²) in [6, 6.07) is 7.06. The molecule has 0 aromatic heterocycles. The number of benzene rings is 1. The van der Waals surface area contributed by atoms with E-state index >= 15 is 0 Å². The van der Waals surface area contributed by atoms with Gasteiger partial charge in [-0.1, -0.05) is 12.1 Å². The van der Waals surface area contributed by atoms with Crippen LogP contribution in [0.3, 0.4) is 0 Å². The summed E-state index contributed by atoms with van der Waals surface area (Å²) in [6.07, 6.45) is 3.58. The molecule has 0 radical (unpaired) electrons. The number of hydrogen-bond acceptors (Lipinski definition) is 3. The molecule has 0 aliphatic heterocycles. The molecular formula is C15H20F2N2O2. The van der Waals surface area contributed by atoms with Crippen molar-refractivity contribution in [2.45, 2.75) is 38.3 Å². The molecule has 1 aliphatic rings. The quantitative estimate of drug-likeness (QED) is 0.734. The van der Waals surface area contributed by atoms with Gasteiger partial charge in [-0.3, -0.25) is 4.79 Å². The average Bonchev–Trinajstić information content (AvgIpc) is 3.24. The van der Waals surface area contributed by atoms with Gasteiger partial charge < -0.3 is 15.4 Å². The Bertz CT molecular complexity index is 447. The maximum absolute atomic E-state index is 12.0. The number of hydrogen-bond donors (Lipinski definition) is 2. The summed E-state index contributed by atoms with van der Waals surface area (Å²) in [5.41, 5.74) is 0.966. The minimum Gasteiger partial charge on any atom is -0.435 e. The molecule has 0 unspecified atom stereocenters. The summed E-state index contributed by atoms with van der Waals surface area (Å²) < 4.78 is 28.3. The number of carbonyl (C=O) groups is 1. The first-order valence-corrected chi connectivity index (χ1v) is 7.17. The molecule has 6 heteroatoms. The van der Waals surface area contributed by atoms with Crippen LogP contribution in [-0.2, 0) is 11.2 Å². The van der Waals surface area contributed by atoms with E-state index < -0.39 is 6.61 Å². The van der Waals surface area contributed by atoms with Gasteiger partial charge in [0.25, 0.3) is 0 Å². The lowest BCUT2D eigenvalue weighted by atomic mass is 10.1. The fourth-order valence-electron chi connectivity index (χ4n) is 1.95. The van der Waals surface area contributed by atoms with Crippen LogP contribution in [0, 0.1) is 0 Å². The van der Waals surface area contributed by atoms with Gasteiger partial charge in [0.05, 0.1) is 0 Å². The zero-order valence-corrected chi connectivity index (χ0v) is 11.8. The van der Waals surface area contributed by atoms with Crippen molar-refractivity contribution in [3.63, 3.8) is 0 Å². The standard InChI is InChI=1S/C15H20F2N2O2/c16-15(17)21-13-5-1-11(2-6-13)7-9-19-14(20)8-10-18-12-3-4-12/h1-2,5-6,12,15,18H,3-4,7-10H2,(H,19,20). The molecule has 21 heavy (non-hydrogen) atoms. The third kappa shape index (κ3) is 6.53. The van der Waals surface area contributed by atoms with Crippen LogP contribution in [0.2, 0.25) is 0 Å². The first-order chi connectivity index (χ1) is 10.1. The maximum atomic E-state index is 12.0. The minimum absolute atomic E-state index is 0.0285. The van der Waals surface area contributed by atoms with E-state index in [1.165, 1.54) is 25.0 Å². The first kappa shape index (κ1) is 15.7. The van der Waals surface area contributed by atoms with E-state index in [0.717, 1.165) is 12.1 Å². The third-order valence-electron chi connectivity index (χ3n) is 3.25. The predicted molar refractivity (Wildman–Crippen MR) is 75.4 cm³/mol. The summed E-state index contributed by atoms with van der Waals surface area (Å²) in [5.74, 6) is 0.171. The van der Waals surface area contributed by atoms with Crippen LogP contribution in [0.4, 0.5) is 8.78 Å². The summed E-state index contributed by atoms with van der Waals surface area (Å²) >= 11 is 0. The van der Waals surface area contributed by atoms with Crippen molar-refractivity contribution in [3.8, 4) is 5.75 Å². The van der Waals surface area contributed by atoms with Crippen molar-refractivity contribution in [2.24, 2.45) is 0 Å². The second kappa shape index (κ2) is 7.93. The van der Waals surface area contributed by atoms with Gasteiger partial charge >= 0.3 is 6.61 Å². The number of halogens is 2. The first-order valence-electron chi connectivity index (χ1n) is 7.17. The smallest absolute Gasteiger partial charge is 0.387 e. The lowest BCUT2D eigenvalue weighted by Gasteiger charge is -2.07. The van der Waals surface area contributed by atoms with Crippen molar-refractivity contribution in [1.82, 2.24) is 10.6 Å². The molecule has 1 aromatic rings. The van der Waals surface area contributed by atoms with E-state index in [2.05, 4.69) is 15.4 Å². The molecule has 0 saturated heterocycles. The molecule has 1 aliphatic carbocycles. The number of rotatable bonds is 9. The largest absolute Gasteiger partial charge is 0.435 e. The molecule has 1 aromatic carbocycles. The highest BCUT2D eigenvalue weighted by molar-refractivity contribution is 5.76. The van der Waals surface area contributed by atoms with Gasteiger partial charge in [-0.15, -0.1) is 0 Å². The van der Waals surface area contributed by atoms with E-state index in [9.17, 15) is 13.6 Å². The van der Waals surface area contributed by atoms with Crippen LogP contribution in [0.25, 0.3) is 0 Å². The Morgan fingerprint density at radius 3 is 2.57 bits per heavy atom. The van der Waals surface area contributed by atoms with E-state index in [0.29, 0.717) is 25.4 Å².